The van der Waals surface area contributed by atoms with Crippen LogP contribution in [0.5, 0.6) is 5.75 Å². The Balaban J connectivity index is 1.53. The molecule has 0 amide bonds. The molecule has 35 heavy (non-hydrogen) atoms. The fraction of sp³-hybridized carbons (Fsp3) is 0.379. The molecule has 0 heterocycles. The van der Waals surface area contributed by atoms with E-state index in [4.69, 9.17) is 9.47 Å². The topological polar surface area (TPSA) is 79.6 Å². The van der Waals surface area contributed by atoms with Crippen LogP contribution in [0, 0.1) is 11.3 Å². The number of aliphatic hydroxyl groups is 1. The highest BCUT2D eigenvalue weighted by molar-refractivity contribution is 5.83. The van der Waals surface area contributed by atoms with Crippen molar-refractivity contribution in [2.45, 2.75) is 32.3 Å². The van der Waals surface area contributed by atoms with Crippen LogP contribution < -0.4 is 4.74 Å². The van der Waals surface area contributed by atoms with Gasteiger partial charge in [0.15, 0.2) is 0 Å². The summed E-state index contributed by atoms with van der Waals surface area (Å²) in [6.45, 7) is 3.60. The van der Waals surface area contributed by atoms with Gasteiger partial charge in [-0.2, -0.15) is 5.26 Å². The lowest BCUT2D eigenvalue weighted by atomic mass is 10.0. The molecular formula is C29H35N2O4+. The van der Waals surface area contributed by atoms with Crippen molar-refractivity contribution in [3.8, 4) is 11.8 Å². The van der Waals surface area contributed by atoms with Gasteiger partial charge in [-0.1, -0.05) is 54.6 Å². The Labute approximate surface area is 207 Å². The normalized spacial score (nSPS) is 12.2. The van der Waals surface area contributed by atoms with Crippen molar-refractivity contribution in [2.75, 3.05) is 40.4 Å². The molecule has 0 spiro atoms. The van der Waals surface area contributed by atoms with E-state index in [1.54, 1.807) is 19.1 Å². The maximum Gasteiger partial charge on any atom is 0.306 e. The first kappa shape index (κ1) is 26.2. The maximum absolute atomic E-state index is 11.7. The number of aryl methyl sites for hydroxylation is 1. The average Bonchev–Trinajstić information content (AvgIpc) is 2.84. The number of carbonyl (C=O) groups excluding carboxylic acids is 1. The summed E-state index contributed by atoms with van der Waals surface area (Å²) in [7, 11) is 4.20. The predicted molar refractivity (Wildman–Crippen MR) is 137 cm³/mol. The fourth-order valence-electron chi connectivity index (χ4n) is 4.23. The second kappa shape index (κ2) is 12.3. The number of nitrogens with zero attached hydrogens (tertiary/aromatic N) is 2. The third kappa shape index (κ3) is 7.81. The number of ether oxygens (including phenoxy) is 2. The van der Waals surface area contributed by atoms with E-state index in [9.17, 15) is 15.2 Å². The highest BCUT2D eigenvalue weighted by atomic mass is 16.5. The van der Waals surface area contributed by atoms with E-state index in [1.807, 2.05) is 12.1 Å². The van der Waals surface area contributed by atoms with Crippen LogP contribution >= 0.6 is 0 Å². The van der Waals surface area contributed by atoms with Crippen LogP contribution in [0.2, 0.25) is 0 Å². The summed E-state index contributed by atoms with van der Waals surface area (Å²) in [6, 6.07) is 22.4. The number of aliphatic hydroxyl groups excluding tert-OH is 1. The number of quaternary nitrogens is 1. The Bertz CT molecular complexity index is 1180. The lowest BCUT2D eigenvalue weighted by molar-refractivity contribution is -0.893. The number of hydrogen-bond acceptors (Lipinski definition) is 5. The van der Waals surface area contributed by atoms with Gasteiger partial charge in [0.25, 0.3) is 0 Å². The van der Waals surface area contributed by atoms with Gasteiger partial charge in [0.1, 0.15) is 31.1 Å². The van der Waals surface area contributed by atoms with Gasteiger partial charge in [0, 0.05) is 12.8 Å². The number of carbonyl (C=O) groups is 1. The smallest absolute Gasteiger partial charge is 0.306 e. The number of fused-ring (bicyclic) bond motifs is 1. The van der Waals surface area contributed by atoms with Gasteiger partial charge in [-0.25, -0.2) is 0 Å². The van der Waals surface area contributed by atoms with E-state index in [0.29, 0.717) is 35.4 Å². The summed E-state index contributed by atoms with van der Waals surface area (Å²) in [5, 5.41) is 22.8. The van der Waals surface area contributed by atoms with Crippen LogP contribution in [-0.2, 0) is 22.4 Å². The van der Waals surface area contributed by atoms with Crippen molar-refractivity contribution < 1.29 is 23.9 Å². The molecule has 0 saturated heterocycles. The van der Waals surface area contributed by atoms with Crippen molar-refractivity contribution in [3.05, 3.63) is 77.4 Å². The van der Waals surface area contributed by atoms with Gasteiger partial charge in [-0.3, -0.25) is 4.79 Å². The zero-order valence-electron chi connectivity index (χ0n) is 20.9. The number of likely N-dealkylation sites (N-methyl/N-ethyl adjacent to an activating group) is 1. The molecule has 0 fully saturated rings. The minimum Gasteiger partial charge on any atom is -0.489 e. The van der Waals surface area contributed by atoms with Crippen molar-refractivity contribution in [1.29, 1.82) is 5.26 Å². The van der Waals surface area contributed by atoms with Crippen LogP contribution in [0.1, 0.15) is 30.0 Å². The second-order valence-electron chi connectivity index (χ2n) is 9.45. The molecular weight excluding hydrogens is 440 g/mol. The summed E-state index contributed by atoms with van der Waals surface area (Å²) in [6.07, 6.45) is 0.834. The third-order valence-corrected chi connectivity index (χ3v) is 6.08. The zero-order valence-corrected chi connectivity index (χ0v) is 20.9. The first-order valence-electron chi connectivity index (χ1n) is 12.1. The fourth-order valence-corrected chi connectivity index (χ4v) is 4.23. The van der Waals surface area contributed by atoms with E-state index in [1.165, 1.54) is 16.3 Å². The highest BCUT2D eigenvalue weighted by Gasteiger charge is 2.22. The number of rotatable bonds is 12. The van der Waals surface area contributed by atoms with E-state index in [2.05, 4.69) is 56.6 Å². The minimum atomic E-state index is -0.684. The van der Waals surface area contributed by atoms with Crippen molar-refractivity contribution in [3.63, 3.8) is 0 Å². The average molecular weight is 476 g/mol. The first-order valence-corrected chi connectivity index (χ1v) is 12.1. The summed E-state index contributed by atoms with van der Waals surface area (Å²) in [4.78, 5) is 11.7. The number of benzene rings is 3. The molecule has 0 aromatic heterocycles. The molecule has 3 aromatic carbocycles. The molecule has 3 rings (SSSR count). The lowest BCUT2D eigenvalue weighted by Gasteiger charge is -2.32. The lowest BCUT2D eigenvalue weighted by Crippen LogP contribution is -2.48. The molecule has 0 bridgehead atoms. The molecule has 0 radical (unpaired) electrons. The second-order valence-corrected chi connectivity index (χ2v) is 9.45. The molecule has 6 heteroatoms. The molecule has 0 aliphatic carbocycles. The van der Waals surface area contributed by atoms with Gasteiger partial charge in [0.05, 0.1) is 32.8 Å². The molecule has 1 atom stereocenters. The van der Waals surface area contributed by atoms with Crippen molar-refractivity contribution in [2.24, 2.45) is 0 Å². The Morgan fingerprint density at radius 3 is 2.57 bits per heavy atom. The van der Waals surface area contributed by atoms with E-state index < -0.39 is 6.10 Å². The summed E-state index contributed by atoms with van der Waals surface area (Å²) < 4.78 is 11.5. The molecule has 0 aliphatic rings. The molecule has 0 unspecified atom stereocenters. The van der Waals surface area contributed by atoms with Crippen molar-refractivity contribution in [1.82, 2.24) is 0 Å². The Morgan fingerprint density at radius 2 is 1.83 bits per heavy atom. The molecule has 0 saturated carbocycles. The Morgan fingerprint density at radius 1 is 1.06 bits per heavy atom. The standard InChI is InChI=1S/C29H35N2O4/c1-4-34-29(33)15-14-24-10-7-11-28(27(24)19-30)35-21-26(32)20-31(2,3)17-16-22-12-13-23-8-5-6-9-25(23)18-22/h5-13,18,26,32H,4,14-17,20-21H2,1-3H3/q+1/t26-/m1/s1. The van der Waals surface area contributed by atoms with Gasteiger partial charge in [0.2, 0.25) is 0 Å². The number of nitriles is 1. The van der Waals surface area contributed by atoms with Gasteiger partial charge >= 0.3 is 5.97 Å². The van der Waals surface area contributed by atoms with Gasteiger partial charge in [-0.05, 0) is 41.3 Å². The monoisotopic (exact) mass is 475 g/mol. The molecule has 0 aliphatic heterocycles. The van der Waals surface area contributed by atoms with Crippen LogP contribution in [-0.4, -0.2) is 62.1 Å². The molecule has 1 N–H and O–H groups in total. The van der Waals surface area contributed by atoms with Gasteiger partial charge < -0.3 is 19.1 Å². The Hall–Kier alpha value is -3.40. The number of esters is 1. The summed E-state index contributed by atoms with van der Waals surface area (Å²) in [5.41, 5.74) is 2.41. The zero-order chi connectivity index (χ0) is 25.3. The summed E-state index contributed by atoms with van der Waals surface area (Å²) in [5.74, 6) is 0.135. The minimum absolute atomic E-state index is 0.0909. The van der Waals surface area contributed by atoms with E-state index in [-0.39, 0.29) is 19.0 Å². The third-order valence-electron chi connectivity index (χ3n) is 6.08. The van der Waals surface area contributed by atoms with Crippen LogP contribution in [0.4, 0.5) is 0 Å². The van der Waals surface area contributed by atoms with Crippen LogP contribution in [0.25, 0.3) is 10.8 Å². The maximum atomic E-state index is 11.7. The van der Waals surface area contributed by atoms with Gasteiger partial charge in [-0.15, -0.1) is 0 Å². The molecule has 184 valence electrons. The largest absolute Gasteiger partial charge is 0.489 e. The highest BCUT2D eigenvalue weighted by Crippen LogP contribution is 2.23. The quantitative estimate of drug-likeness (QED) is 0.313. The SMILES string of the molecule is CCOC(=O)CCc1cccc(OC[C@H](O)C[N+](C)(C)CCc2ccc3ccccc3c2)c1C#N. The van der Waals surface area contributed by atoms with Crippen LogP contribution in [0.3, 0.4) is 0 Å². The first-order chi connectivity index (χ1) is 16.8. The summed E-state index contributed by atoms with van der Waals surface area (Å²) >= 11 is 0. The van der Waals surface area contributed by atoms with E-state index >= 15 is 0 Å². The van der Waals surface area contributed by atoms with E-state index in [0.717, 1.165) is 18.5 Å². The molecule has 3 aromatic rings. The molecule has 6 nitrogen and oxygen atoms in total. The van der Waals surface area contributed by atoms with Crippen molar-refractivity contribution >= 4 is 16.7 Å². The number of hydrogen-bond donors (Lipinski definition) is 1. The Kier molecular flexibility index (Phi) is 9.25. The predicted octanol–water partition coefficient (Wildman–Crippen LogP) is 4.27. The van der Waals surface area contributed by atoms with Crippen LogP contribution in [0.15, 0.2) is 60.7 Å².